The quantitative estimate of drug-likeness (QED) is 0.671. The maximum absolute atomic E-state index is 11.8. The van der Waals surface area contributed by atoms with E-state index in [2.05, 4.69) is 36.5 Å². The van der Waals surface area contributed by atoms with E-state index in [9.17, 15) is 4.79 Å². The zero-order valence-corrected chi connectivity index (χ0v) is 12.7. The fraction of sp³-hybridized carbons (Fsp3) is 0.250. The van der Waals surface area contributed by atoms with E-state index in [1.165, 1.54) is 16.9 Å². The van der Waals surface area contributed by atoms with Gasteiger partial charge in [-0.2, -0.15) is 5.10 Å². The van der Waals surface area contributed by atoms with Gasteiger partial charge < -0.3 is 0 Å². The number of hydrazone groups is 1. The number of carbonyl (C=O) groups excluding carboxylic acids is 1. The molecule has 0 aliphatic rings. The molecule has 0 aliphatic heterocycles. The Kier molecular flexibility index (Phi) is 4.69. The van der Waals surface area contributed by atoms with Crippen LogP contribution in [0.4, 0.5) is 0 Å². The third-order valence-corrected chi connectivity index (χ3v) is 3.95. The number of rotatable bonds is 4. The van der Waals surface area contributed by atoms with Crippen LogP contribution in [0.5, 0.6) is 0 Å². The highest BCUT2D eigenvalue weighted by Crippen LogP contribution is 2.15. The Balaban J connectivity index is 1.94. The van der Waals surface area contributed by atoms with Gasteiger partial charge in [-0.1, -0.05) is 38.1 Å². The van der Waals surface area contributed by atoms with Gasteiger partial charge in [0.25, 0.3) is 5.91 Å². The normalized spacial score (nSPS) is 11.2. The summed E-state index contributed by atoms with van der Waals surface area (Å²) in [6, 6.07) is 11.9. The number of carbonyl (C=O) groups is 1. The molecule has 0 aliphatic carbocycles. The highest BCUT2D eigenvalue weighted by molar-refractivity contribution is 7.13. The maximum atomic E-state index is 11.8. The van der Waals surface area contributed by atoms with Crippen LogP contribution in [0, 0.1) is 6.92 Å². The molecule has 0 spiro atoms. The summed E-state index contributed by atoms with van der Waals surface area (Å²) in [5.74, 6) is 0.348. The molecule has 0 atom stereocenters. The number of aryl methyl sites for hydroxylation is 1. The predicted molar refractivity (Wildman–Crippen MR) is 84.6 cm³/mol. The van der Waals surface area contributed by atoms with Gasteiger partial charge in [-0.3, -0.25) is 4.79 Å². The van der Waals surface area contributed by atoms with Crippen molar-refractivity contribution in [2.45, 2.75) is 26.7 Å². The topological polar surface area (TPSA) is 41.5 Å². The fourth-order valence-electron chi connectivity index (χ4n) is 1.74. The van der Waals surface area contributed by atoms with Crippen LogP contribution < -0.4 is 5.43 Å². The van der Waals surface area contributed by atoms with E-state index in [4.69, 9.17) is 0 Å². The summed E-state index contributed by atoms with van der Waals surface area (Å²) in [5.41, 5.74) is 4.80. The number of hydrogen-bond donors (Lipinski definition) is 1. The molecule has 1 aromatic carbocycles. The molecular weight excluding hydrogens is 268 g/mol. The molecule has 1 N–H and O–H groups in total. The van der Waals surface area contributed by atoms with Crippen LogP contribution in [0.25, 0.3) is 0 Å². The summed E-state index contributed by atoms with van der Waals surface area (Å²) in [7, 11) is 0. The molecule has 1 aromatic heterocycles. The average Bonchev–Trinajstić information content (AvgIpc) is 2.86. The van der Waals surface area contributed by atoms with Crippen LogP contribution in [0.2, 0.25) is 0 Å². The average molecular weight is 286 g/mol. The molecule has 1 amide bonds. The molecule has 3 nitrogen and oxygen atoms in total. The van der Waals surface area contributed by atoms with Gasteiger partial charge in [0, 0.05) is 4.88 Å². The lowest BCUT2D eigenvalue weighted by atomic mass is 10.0. The van der Waals surface area contributed by atoms with Crippen molar-refractivity contribution in [2.75, 3.05) is 0 Å². The lowest BCUT2D eigenvalue weighted by molar-refractivity contribution is 0.0959. The van der Waals surface area contributed by atoms with Crippen LogP contribution in [-0.4, -0.2) is 12.1 Å². The second kappa shape index (κ2) is 6.48. The van der Waals surface area contributed by atoms with Crippen LogP contribution >= 0.6 is 11.3 Å². The Morgan fingerprint density at radius 1 is 1.20 bits per heavy atom. The van der Waals surface area contributed by atoms with E-state index >= 15 is 0 Å². The first-order valence-electron chi connectivity index (χ1n) is 6.56. The van der Waals surface area contributed by atoms with Gasteiger partial charge in [0.2, 0.25) is 0 Å². The maximum Gasteiger partial charge on any atom is 0.281 e. The SMILES string of the molecule is Cc1ccc(C(=O)N/N=C/c2ccc(C(C)C)cc2)s1. The van der Waals surface area contributed by atoms with Crippen molar-refractivity contribution in [1.82, 2.24) is 5.43 Å². The molecule has 2 aromatic rings. The largest absolute Gasteiger partial charge is 0.281 e. The second-order valence-corrected chi connectivity index (χ2v) is 6.22. The van der Waals surface area contributed by atoms with Crippen molar-refractivity contribution in [1.29, 1.82) is 0 Å². The Morgan fingerprint density at radius 3 is 2.45 bits per heavy atom. The Morgan fingerprint density at radius 2 is 1.90 bits per heavy atom. The fourth-order valence-corrected chi connectivity index (χ4v) is 2.50. The van der Waals surface area contributed by atoms with Crippen molar-refractivity contribution in [3.8, 4) is 0 Å². The van der Waals surface area contributed by atoms with Gasteiger partial charge >= 0.3 is 0 Å². The summed E-state index contributed by atoms with van der Waals surface area (Å²) < 4.78 is 0. The number of amides is 1. The van der Waals surface area contributed by atoms with E-state index in [0.29, 0.717) is 10.8 Å². The van der Waals surface area contributed by atoms with Crippen molar-refractivity contribution in [3.63, 3.8) is 0 Å². The van der Waals surface area contributed by atoms with Crippen molar-refractivity contribution in [3.05, 3.63) is 57.3 Å². The molecule has 0 bridgehead atoms. The molecule has 104 valence electrons. The molecule has 2 rings (SSSR count). The third-order valence-electron chi connectivity index (χ3n) is 2.95. The molecule has 0 fully saturated rings. The number of hydrogen-bond acceptors (Lipinski definition) is 3. The minimum atomic E-state index is -0.168. The number of nitrogens with one attached hydrogen (secondary N) is 1. The smallest absolute Gasteiger partial charge is 0.266 e. The lowest BCUT2D eigenvalue weighted by Crippen LogP contribution is -2.16. The van der Waals surface area contributed by atoms with Crippen molar-refractivity contribution < 1.29 is 4.79 Å². The number of benzene rings is 1. The Hall–Kier alpha value is -1.94. The van der Waals surface area contributed by atoms with E-state index in [1.54, 1.807) is 6.21 Å². The zero-order valence-electron chi connectivity index (χ0n) is 11.9. The van der Waals surface area contributed by atoms with Gasteiger partial charge in [-0.05, 0) is 36.1 Å². The summed E-state index contributed by atoms with van der Waals surface area (Å²) >= 11 is 1.46. The molecule has 0 saturated heterocycles. The molecule has 20 heavy (non-hydrogen) atoms. The molecule has 4 heteroatoms. The van der Waals surface area contributed by atoms with E-state index in [-0.39, 0.29) is 5.91 Å². The van der Waals surface area contributed by atoms with Gasteiger partial charge in [0.1, 0.15) is 0 Å². The monoisotopic (exact) mass is 286 g/mol. The summed E-state index contributed by atoms with van der Waals surface area (Å²) in [5, 5.41) is 3.98. The number of nitrogens with zero attached hydrogens (tertiary/aromatic N) is 1. The van der Waals surface area contributed by atoms with Gasteiger partial charge in [-0.15, -0.1) is 11.3 Å². The first-order chi connectivity index (χ1) is 9.56. The summed E-state index contributed by atoms with van der Waals surface area (Å²) in [4.78, 5) is 13.6. The molecule has 0 radical (unpaired) electrons. The van der Waals surface area contributed by atoms with Crippen LogP contribution in [-0.2, 0) is 0 Å². The minimum absolute atomic E-state index is 0.168. The van der Waals surface area contributed by atoms with Crippen molar-refractivity contribution in [2.24, 2.45) is 5.10 Å². The third kappa shape index (κ3) is 3.78. The van der Waals surface area contributed by atoms with Crippen molar-refractivity contribution >= 4 is 23.5 Å². The Labute approximate surface area is 123 Å². The predicted octanol–water partition coefficient (Wildman–Crippen LogP) is 3.94. The highest BCUT2D eigenvalue weighted by atomic mass is 32.1. The first-order valence-corrected chi connectivity index (χ1v) is 7.37. The van der Waals surface area contributed by atoms with E-state index in [1.807, 2.05) is 31.2 Å². The molecular formula is C16H18N2OS. The Bertz CT molecular complexity index is 612. The highest BCUT2D eigenvalue weighted by Gasteiger charge is 2.05. The van der Waals surface area contributed by atoms with Gasteiger partial charge in [-0.25, -0.2) is 5.43 Å². The molecule has 0 saturated carbocycles. The van der Waals surface area contributed by atoms with E-state index < -0.39 is 0 Å². The summed E-state index contributed by atoms with van der Waals surface area (Å²) in [6.45, 7) is 6.29. The first kappa shape index (κ1) is 14.5. The summed E-state index contributed by atoms with van der Waals surface area (Å²) in [6.07, 6.45) is 1.66. The van der Waals surface area contributed by atoms with Gasteiger partial charge in [0.05, 0.1) is 11.1 Å². The molecule has 0 unspecified atom stereocenters. The van der Waals surface area contributed by atoms with Crippen LogP contribution in [0.15, 0.2) is 41.5 Å². The van der Waals surface area contributed by atoms with Crippen LogP contribution in [0.1, 0.15) is 45.4 Å². The lowest BCUT2D eigenvalue weighted by Gasteiger charge is -2.04. The second-order valence-electron chi connectivity index (χ2n) is 4.93. The standard InChI is InChI=1S/C16H18N2OS/c1-11(2)14-7-5-13(6-8-14)10-17-18-16(19)15-9-4-12(3)20-15/h4-11H,1-3H3,(H,18,19)/b17-10+. The minimum Gasteiger partial charge on any atom is -0.266 e. The van der Waals surface area contributed by atoms with E-state index in [0.717, 1.165) is 10.4 Å². The molecule has 1 heterocycles. The van der Waals surface area contributed by atoms with Gasteiger partial charge in [0.15, 0.2) is 0 Å². The zero-order chi connectivity index (χ0) is 14.5. The van der Waals surface area contributed by atoms with Crippen LogP contribution in [0.3, 0.4) is 0 Å². The number of thiophene rings is 1.